The van der Waals surface area contributed by atoms with Crippen molar-refractivity contribution in [1.82, 2.24) is 4.90 Å². The molecule has 2 atom stereocenters. The summed E-state index contributed by atoms with van der Waals surface area (Å²) < 4.78 is 0. The summed E-state index contributed by atoms with van der Waals surface area (Å²) >= 11 is 0. The van der Waals surface area contributed by atoms with Gasteiger partial charge < -0.3 is 4.90 Å². The van der Waals surface area contributed by atoms with E-state index in [9.17, 15) is 4.79 Å². The maximum atomic E-state index is 12.9. The maximum absolute atomic E-state index is 12.9. The van der Waals surface area contributed by atoms with E-state index in [1.165, 1.54) is 23.1 Å². The van der Waals surface area contributed by atoms with Crippen molar-refractivity contribution in [3.05, 3.63) is 108 Å². The second-order valence-electron chi connectivity index (χ2n) is 7.31. The highest BCUT2D eigenvalue weighted by Crippen LogP contribution is 2.42. The third kappa shape index (κ3) is 14.2. The Bertz CT molecular complexity index is 795. The van der Waals surface area contributed by atoms with Crippen LogP contribution in [0.25, 0.3) is 0 Å². The Balaban J connectivity index is -0.000000822. The lowest BCUT2D eigenvalue weighted by Gasteiger charge is -2.48. The summed E-state index contributed by atoms with van der Waals surface area (Å²) in [5.41, 5.74) is 3.62. The molecule has 2 heteroatoms. The van der Waals surface area contributed by atoms with E-state index < -0.39 is 0 Å². The molecule has 3 aromatic carbocycles. The standard InChI is InChI=1S/C23H21NO.C3H8.5C2H6/c25-23-21(16-18-10-4-1-5-11-18)22(20-14-8-3-9-15-20)24(23)17-19-12-6-2-7-13-19;1-3-2;5*1-2/h1-15,21-22H,16-17H2;3H2,1-2H3;5*1-2H3. The van der Waals surface area contributed by atoms with Gasteiger partial charge in [-0.25, -0.2) is 0 Å². The number of rotatable bonds is 5. The molecule has 1 heterocycles. The minimum atomic E-state index is 0.0218. The van der Waals surface area contributed by atoms with Crippen molar-refractivity contribution in [2.24, 2.45) is 5.92 Å². The van der Waals surface area contributed by atoms with Gasteiger partial charge in [-0.1, -0.05) is 181 Å². The van der Waals surface area contributed by atoms with Crippen LogP contribution in [0.15, 0.2) is 91.0 Å². The fourth-order valence-corrected chi connectivity index (χ4v) is 3.71. The van der Waals surface area contributed by atoms with Crippen LogP contribution in [0.4, 0.5) is 0 Å². The van der Waals surface area contributed by atoms with E-state index in [1.54, 1.807) is 0 Å². The van der Waals surface area contributed by atoms with E-state index in [1.807, 2.05) is 117 Å². The number of nitrogens with zero attached hydrogens (tertiary/aromatic N) is 1. The SMILES string of the molecule is CC.CC.CC.CC.CC.CCC.O=C1C(Cc2ccccc2)C(c2ccccc2)N1Cc1ccccc1. The summed E-state index contributed by atoms with van der Waals surface area (Å²) in [6.45, 7) is 24.9. The Morgan fingerprint density at radius 2 is 0.895 bits per heavy atom. The molecule has 0 aromatic heterocycles. The van der Waals surface area contributed by atoms with Gasteiger partial charge in [-0.15, -0.1) is 0 Å². The molecular formula is C36H59NO. The second kappa shape index (κ2) is 28.7. The topological polar surface area (TPSA) is 20.3 Å². The lowest BCUT2D eigenvalue weighted by molar-refractivity contribution is -0.158. The summed E-state index contributed by atoms with van der Waals surface area (Å²) in [5, 5.41) is 0. The molecule has 1 saturated heterocycles. The number of amides is 1. The first-order chi connectivity index (χ1) is 18.7. The molecule has 0 N–H and O–H groups in total. The summed E-state index contributed by atoms with van der Waals surface area (Å²) in [4.78, 5) is 14.9. The first-order valence-electron chi connectivity index (χ1n) is 15.2. The molecule has 1 aliphatic rings. The zero-order chi connectivity index (χ0) is 29.8. The van der Waals surface area contributed by atoms with Crippen molar-refractivity contribution in [1.29, 1.82) is 0 Å². The Morgan fingerprint density at radius 1 is 0.553 bits per heavy atom. The smallest absolute Gasteiger partial charge is 0.229 e. The van der Waals surface area contributed by atoms with E-state index in [2.05, 4.69) is 62.4 Å². The molecule has 0 saturated carbocycles. The fourth-order valence-electron chi connectivity index (χ4n) is 3.71. The number of likely N-dealkylation sites (tertiary alicyclic amines) is 1. The van der Waals surface area contributed by atoms with Crippen LogP contribution >= 0.6 is 0 Å². The van der Waals surface area contributed by atoms with Crippen LogP contribution in [0.1, 0.15) is 112 Å². The summed E-state index contributed by atoms with van der Waals surface area (Å²) in [7, 11) is 0. The highest BCUT2D eigenvalue weighted by Gasteiger charge is 2.47. The largest absolute Gasteiger partial charge is 0.330 e. The quantitative estimate of drug-likeness (QED) is 0.306. The van der Waals surface area contributed by atoms with Crippen LogP contribution in [-0.4, -0.2) is 10.8 Å². The molecule has 0 bridgehead atoms. The van der Waals surface area contributed by atoms with Gasteiger partial charge in [0.2, 0.25) is 5.91 Å². The highest BCUT2D eigenvalue weighted by atomic mass is 16.2. The first-order valence-corrected chi connectivity index (χ1v) is 15.2. The Kier molecular flexibility index (Phi) is 29.9. The maximum Gasteiger partial charge on any atom is 0.229 e. The molecule has 38 heavy (non-hydrogen) atoms. The fraction of sp³-hybridized carbons (Fsp3) is 0.472. The zero-order valence-electron chi connectivity index (χ0n) is 26.8. The molecule has 3 aromatic rings. The number of hydrogen-bond acceptors (Lipinski definition) is 1. The van der Waals surface area contributed by atoms with Crippen molar-refractivity contribution in [2.75, 3.05) is 0 Å². The Labute approximate surface area is 237 Å². The van der Waals surface area contributed by atoms with Crippen molar-refractivity contribution in [3.8, 4) is 0 Å². The van der Waals surface area contributed by atoms with E-state index in [-0.39, 0.29) is 17.9 Å². The van der Waals surface area contributed by atoms with Gasteiger partial charge in [-0.3, -0.25) is 4.79 Å². The highest BCUT2D eigenvalue weighted by molar-refractivity contribution is 5.87. The van der Waals surface area contributed by atoms with Gasteiger partial charge in [0.05, 0.1) is 12.0 Å². The van der Waals surface area contributed by atoms with E-state index in [0.29, 0.717) is 6.54 Å². The van der Waals surface area contributed by atoms with Crippen LogP contribution in [0, 0.1) is 5.92 Å². The normalized spacial score (nSPS) is 14.1. The molecule has 1 aliphatic heterocycles. The molecule has 0 radical (unpaired) electrons. The van der Waals surface area contributed by atoms with E-state index >= 15 is 0 Å². The Morgan fingerprint density at radius 3 is 1.29 bits per heavy atom. The molecule has 214 valence electrons. The number of carbonyl (C=O) groups excluding carboxylic acids is 1. The average Bonchev–Trinajstić information content (AvgIpc) is 3.03. The van der Waals surface area contributed by atoms with Crippen LogP contribution in [0.2, 0.25) is 0 Å². The second-order valence-corrected chi connectivity index (χ2v) is 7.31. The number of carbonyl (C=O) groups is 1. The minimum Gasteiger partial charge on any atom is -0.330 e. The zero-order valence-corrected chi connectivity index (χ0v) is 26.8. The number of β-lactam (4-membered cyclic amide) rings is 1. The van der Waals surface area contributed by atoms with Crippen molar-refractivity contribution in [2.45, 2.75) is 109 Å². The van der Waals surface area contributed by atoms with Gasteiger partial charge in [0, 0.05) is 6.54 Å². The number of hydrogen-bond donors (Lipinski definition) is 0. The van der Waals surface area contributed by atoms with Crippen molar-refractivity contribution < 1.29 is 4.79 Å². The van der Waals surface area contributed by atoms with Gasteiger partial charge >= 0.3 is 0 Å². The van der Waals surface area contributed by atoms with Crippen LogP contribution in [0.5, 0.6) is 0 Å². The van der Waals surface area contributed by atoms with Crippen molar-refractivity contribution >= 4 is 5.91 Å². The monoisotopic (exact) mass is 521 g/mol. The lowest BCUT2D eigenvalue weighted by atomic mass is 9.78. The van der Waals surface area contributed by atoms with Crippen LogP contribution in [0.3, 0.4) is 0 Å². The minimum absolute atomic E-state index is 0.0218. The average molecular weight is 522 g/mol. The molecular weight excluding hydrogens is 462 g/mol. The van der Waals surface area contributed by atoms with Crippen molar-refractivity contribution in [3.63, 3.8) is 0 Å². The van der Waals surface area contributed by atoms with Gasteiger partial charge in [0.1, 0.15) is 0 Å². The summed E-state index contributed by atoms with van der Waals surface area (Å²) in [6.07, 6.45) is 2.05. The molecule has 0 aliphatic carbocycles. The van der Waals surface area contributed by atoms with E-state index in [0.717, 1.165) is 6.42 Å². The third-order valence-corrected chi connectivity index (χ3v) is 4.95. The Hall–Kier alpha value is -2.87. The summed E-state index contributed by atoms with van der Waals surface area (Å²) in [6, 6.07) is 31.1. The molecule has 2 nitrogen and oxygen atoms in total. The lowest BCUT2D eigenvalue weighted by Crippen LogP contribution is -2.55. The van der Waals surface area contributed by atoms with Gasteiger partial charge in [0.15, 0.2) is 0 Å². The number of benzene rings is 3. The van der Waals surface area contributed by atoms with E-state index in [4.69, 9.17) is 0 Å². The van der Waals surface area contributed by atoms with Crippen LogP contribution < -0.4 is 0 Å². The molecule has 1 fully saturated rings. The van der Waals surface area contributed by atoms with Crippen LogP contribution in [-0.2, 0) is 17.8 Å². The predicted octanol–water partition coefficient (Wildman–Crippen LogP) is 11.2. The summed E-state index contributed by atoms with van der Waals surface area (Å²) in [5.74, 6) is 0.273. The van der Waals surface area contributed by atoms with Gasteiger partial charge in [-0.2, -0.15) is 0 Å². The first kappa shape index (κ1) is 39.6. The molecule has 1 amide bonds. The van der Waals surface area contributed by atoms with Gasteiger partial charge in [0.25, 0.3) is 0 Å². The molecule has 4 rings (SSSR count). The third-order valence-electron chi connectivity index (χ3n) is 4.95. The molecule has 0 spiro atoms. The van der Waals surface area contributed by atoms with Gasteiger partial charge in [-0.05, 0) is 23.1 Å². The predicted molar refractivity (Wildman–Crippen MR) is 173 cm³/mol. The molecule has 2 unspecified atom stereocenters.